The van der Waals surface area contributed by atoms with Crippen molar-refractivity contribution in [1.29, 1.82) is 0 Å². The lowest BCUT2D eigenvalue weighted by Gasteiger charge is -2.22. The Labute approximate surface area is 162 Å². The Balaban J connectivity index is 1.85. The molecule has 2 rings (SSSR count). The molecule has 1 N–H and O–H groups in total. The Morgan fingerprint density at radius 2 is 1.81 bits per heavy atom. The molecule has 2 aromatic rings. The van der Waals surface area contributed by atoms with E-state index in [0.29, 0.717) is 24.6 Å². The highest BCUT2D eigenvalue weighted by Crippen LogP contribution is 2.12. The number of nitrogens with zero attached hydrogens (tertiary/aromatic N) is 4. The van der Waals surface area contributed by atoms with Gasteiger partial charge in [-0.15, -0.1) is 10.2 Å². The molecule has 0 aliphatic rings. The summed E-state index contributed by atoms with van der Waals surface area (Å²) in [4.78, 5) is 27.9. The predicted octanol–water partition coefficient (Wildman–Crippen LogP) is 1.91. The van der Waals surface area contributed by atoms with E-state index >= 15 is 0 Å². The van der Waals surface area contributed by atoms with Gasteiger partial charge in [0.2, 0.25) is 10.9 Å². The molecule has 1 heterocycles. The number of amides is 2. The van der Waals surface area contributed by atoms with Gasteiger partial charge < -0.3 is 10.2 Å². The number of hydrogen-bond acceptors (Lipinski definition) is 6. The topological polar surface area (TPSA) is 78.4 Å². The highest BCUT2D eigenvalue weighted by Gasteiger charge is 2.16. The van der Waals surface area contributed by atoms with Crippen molar-refractivity contribution in [2.75, 3.05) is 26.7 Å². The molecule has 2 amide bonds. The number of aromatic nitrogens is 2. The average molecular weight is 393 g/mol. The fourth-order valence-electron chi connectivity index (χ4n) is 2.46. The van der Waals surface area contributed by atoms with Crippen LogP contribution in [0, 0.1) is 5.82 Å². The van der Waals surface area contributed by atoms with Gasteiger partial charge in [-0.3, -0.25) is 14.5 Å². The second-order valence-electron chi connectivity index (χ2n) is 6.05. The number of likely N-dealkylation sites (N-methyl/N-ethyl adjacent to an activating group) is 2. The van der Waals surface area contributed by atoms with Crippen LogP contribution in [0.15, 0.2) is 24.3 Å². The molecular weight excluding hydrogens is 369 g/mol. The van der Waals surface area contributed by atoms with E-state index in [9.17, 15) is 14.0 Å². The van der Waals surface area contributed by atoms with Gasteiger partial charge in [0, 0.05) is 19.6 Å². The molecule has 0 aliphatic carbocycles. The van der Waals surface area contributed by atoms with Crippen LogP contribution in [-0.2, 0) is 17.9 Å². The van der Waals surface area contributed by atoms with E-state index in [1.54, 1.807) is 17.0 Å². The van der Waals surface area contributed by atoms with Gasteiger partial charge in [-0.25, -0.2) is 4.39 Å². The Hall–Kier alpha value is -2.39. The molecule has 0 saturated carbocycles. The van der Waals surface area contributed by atoms with Crippen molar-refractivity contribution >= 4 is 23.2 Å². The summed E-state index contributed by atoms with van der Waals surface area (Å²) in [5.41, 5.74) is 0.795. The predicted molar refractivity (Wildman–Crippen MR) is 102 cm³/mol. The molecule has 27 heavy (non-hydrogen) atoms. The van der Waals surface area contributed by atoms with Gasteiger partial charge in [0.15, 0.2) is 0 Å². The number of halogens is 1. The number of nitrogens with one attached hydrogen (secondary N) is 1. The summed E-state index contributed by atoms with van der Waals surface area (Å²) >= 11 is 1.19. The summed E-state index contributed by atoms with van der Waals surface area (Å²) in [6, 6.07) is 5.92. The van der Waals surface area contributed by atoms with Crippen molar-refractivity contribution in [3.63, 3.8) is 0 Å². The molecule has 0 radical (unpaired) electrons. The first-order chi connectivity index (χ1) is 12.9. The number of hydrogen-bond donors (Lipinski definition) is 1. The third-order valence-electron chi connectivity index (χ3n) is 3.95. The SMILES string of the molecule is CCN(CC)C(=O)CN(C)Cc1nnc(C(=O)NCc2ccc(F)cc2)s1. The van der Waals surface area contributed by atoms with Crippen molar-refractivity contribution in [2.24, 2.45) is 0 Å². The molecule has 7 nitrogen and oxygen atoms in total. The third kappa shape index (κ3) is 6.37. The van der Waals surface area contributed by atoms with E-state index in [-0.39, 0.29) is 35.7 Å². The van der Waals surface area contributed by atoms with E-state index in [4.69, 9.17) is 0 Å². The van der Waals surface area contributed by atoms with Crippen LogP contribution in [0.3, 0.4) is 0 Å². The van der Waals surface area contributed by atoms with Crippen molar-refractivity contribution in [2.45, 2.75) is 26.9 Å². The zero-order valence-electron chi connectivity index (χ0n) is 15.7. The van der Waals surface area contributed by atoms with Gasteiger partial charge in [-0.2, -0.15) is 0 Å². The van der Waals surface area contributed by atoms with Crippen molar-refractivity contribution in [3.8, 4) is 0 Å². The quantitative estimate of drug-likeness (QED) is 0.704. The molecule has 1 aromatic heterocycles. The zero-order chi connectivity index (χ0) is 19.8. The lowest BCUT2D eigenvalue weighted by atomic mass is 10.2. The summed E-state index contributed by atoms with van der Waals surface area (Å²) in [5.74, 6) is -0.586. The summed E-state index contributed by atoms with van der Waals surface area (Å²) in [6.45, 7) is 6.27. The minimum Gasteiger partial charge on any atom is -0.346 e. The van der Waals surface area contributed by atoms with E-state index in [1.807, 2.05) is 25.8 Å². The van der Waals surface area contributed by atoms with Crippen molar-refractivity contribution in [3.05, 3.63) is 45.7 Å². The van der Waals surface area contributed by atoms with Crippen LogP contribution < -0.4 is 5.32 Å². The van der Waals surface area contributed by atoms with Gasteiger partial charge in [0.05, 0.1) is 13.1 Å². The molecule has 0 spiro atoms. The molecular formula is C18H24FN5O2S. The van der Waals surface area contributed by atoms with Crippen molar-refractivity contribution < 1.29 is 14.0 Å². The Morgan fingerprint density at radius 3 is 2.44 bits per heavy atom. The minimum atomic E-state index is -0.329. The van der Waals surface area contributed by atoms with E-state index in [2.05, 4.69) is 15.5 Å². The highest BCUT2D eigenvalue weighted by molar-refractivity contribution is 7.13. The second kappa shape index (κ2) is 10.1. The van der Waals surface area contributed by atoms with Gasteiger partial charge in [-0.1, -0.05) is 23.5 Å². The smallest absolute Gasteiger partial charge is 0.282 e. The number of benzene rings is 1. The summed E-state index contributed by atoms with van der Waals surface area (Å²) in [5, 5.41) is 11.6. The van der Waals surface area contributed by atoms with Crippen LogP contribution >= 0.6 is 11.3 Å². The normalized spacial score (nSPS) is 10.9. The summed E-state index contributed by atoms with van der Waals surface area (Å²) < 4.78 is 12.9. The largest absolute Gasteiger partial charge is 0.346 e. The number of carbonyl (C=O) groups excluding carboxylic acids is 2. The van der Waals surface area contributed by atoms with Gasteiger partial charge in [0.1, 0.15) is 10.8 Å². The molecule has 0 unspecified atom stereocenters. The maximum Gasteiger partial charge on any atom is 0.282 e. The van der Waals surface area contributed by atoms with Crippen LogP contribution in [0.1, 0.15) is 34.2 Å². The monoisotopic (exact) mass is 393 g/mol. The van der Waals surface area contributed by atoms with Crippen molar-refractivity contribution in [1.82, 2.24) is 25.3 Å². The minimum absolute atomic E-state index is 0.0595. The molecule has 0 saturated heterocycles. The fraction of sp³-hybridized carbons (Fsp3) is 0.444. The van der Waals surface area contributed by atoms with E-state index in [1.165, 1.54) is 23.5 Å². The van der Waals surface area contributed by atoms with Gasteiger partial charge in [0.25, 0.3) is 5.91 Å². The van der Waals surface area contributed by atoms with Crippen LogP contribution in [-0.4, -0.2) is 58.5 Å². The molecule has 0 aliphatic heterocycles. The zero-order valence-corrected chi connectivity index (χ0v) is 16.6. The molecule has 1 aromatic carbocycles. The molecule has 146 valence electrons. The Kier molecular flexibility index (Phi) is 7.81. The second-order valence-corrected chi connectivity index (χ2v) is 7.11. The molecule has 9 heteroatoms. The number of rotatable bonds is 9. The van der Waals surface area contributed by atoms with Gasteiger partial charge >= 0.3 is 0 Å². The van der Waals surface area contributed by atoms with Crippen LogP contribution in [0.5, 0.6) is 0 Å². The highest BCUT2D eigenvalue weighted by atomic mass is 32.1. The first-order valence-corrected chi connectivity index (χ1v) is 9.55. The van der Waals surface area contributed by atoms with E-state index < -0.39 is 0 Å². The maximum absolute atomic E-state index is 12.9. The lowest BCUT2D eigenvalue weighted by Crippen LogP contribution is -2.38. The van der Waals surface area contributed by atoms with Crippen LogP contribution in [0.4, 0.5) is 4.39 Å². The fourth-order valence-corrected chi connectivity index (χ4v) is 3.30. The molecule has 0 bridgehead atoms. The standard InChI is InChI=1S/C18H24FN5O2S/c1-4-24(5-2)16(25)12-23(3)11-15-21-22-18(27-15)17(26)20-10-13-6-8-14(19)9-7-13/h6-9H,4-5,10-12H2,1-3H3,(H,20,26). The lowest BCUT2D eigenvalue weighted by molar-refractivity contribution is -0.131. The third-order valence-corrected chi connectivity index (χ3v) is 4.86. The Bertz CT molecular complexity index is 761. The first kappa shape index (κ1) is 20.9. The summed E-state index contributed by atoms with van der Waals surface area (Å²) in [7, 11) is 1.83. The summed E-state index contributed by atoms with van der Waals surface area (Å²) in [6.07, 6.45) is 0. The first-order valence-electron chi connectivity index (χ1n) is 8.74. The van der Waals surface area contributed by atoms with Gasteiger partial charge in [-0.05, 0) is 38.6 Å². The molecule has 0 fully saturated rings. The Morgan fingerprint density at radius 1 is 1.15 bits per heavy atom. The van der Waals surface area contributed by atoms with Crippen LogP contribution in [0.2, 0.25) is 0 Å². The maximum atomic E-state index is 12.9. The van der Waals surface area contributed by atoms with E-state index in [0.717, 1.165) is 5.56 Å². The number of carbonyl (C=O) groups is 2. The molecule has 0 atom stereocenters. The van der Waals surface area contributed by atoms with Crippen LogP contribution in [0.25, 0.3) is 0 Å². The average Bonchev–Trinajstić information content (AvgIpc) is 3.10.